The zero-order valence-corrected chi connectivity index (χ0v) is 11.6. The Hall–Kier alpha value is -1.55. The lowest BCUT2D eigenvalue weighted by Crippen LogP contribution is -2.48. The van der Waals surface area contributed by atoms with Crippen molar-refractivity contribution in [1.29, 1.82) is 0 Å². The number of carbonyl (C=O) groups is 1. The maximum absolute atomic E-state index is 11.1. The summed E-state index contributed by atoms with van der Waals surface area (Å²) in [6.07, 6.45) is 2.47. The molecule has 2 atom stereocenters. The highest BCUT2D eigenvalue weighted by Gasteiger charge is 2.19. The van der Waals surface area contributed by atoms with Crippen molar-refractivity contribution in [3.63, 3.8) is 0 Å². The van der Waals surface area contributed by atoms with E-state index in [-0.39, 0.29) is 5.91 Å². The summed E-state index contributed by atoms with van der Waals surface area (Å²) in [4.78, 5) is 11.1. The number of piperidine rings is 1. The third-order valence-electron chi connectivity index (χ3n) is 3.50. The molecule has 4 heteroatoms. The molecule has 1 heterocycles. The largest absolute Gasteiger partial charge is 0.496 e. The molecule has 2 unspecified atom stereocenters. The van der Waals surface area contributed by atoms with Crippen molar-refractivity contribution in [2.45, 2.75) is 38.3 Å². The van der Waals surface area contributed by atoms with Crippen LogP contribution in [0.15, 0.2) is 24.3 Å². The van der Waals surface area contributed by atoms with E-state index < -0.39 is 0 Å². The lowest BCUT2D eigenvalue weighted by atomic mass is 10.0. The minimum absolute atomic E-state index is 0.162. The second-order valence-corrected chi connectivity index (χ2v) is 5.12. The summed E-state index contributed by atoms with van der Waals surface area (Å²) in [5.41, 5.74) is 1.21. The monoisotopic (exact) mass is 262 g/mol. The van der Waals surface area contributed by atoms with Crippen LogP contribution in [0.5, 0.6) is 5.75 Å². The van der Waals surface area contributed by atoms with Crippen molar-refractivity contribution in [2.75, 3.05) is 13.7 Å². The van der Waals surface area contributed by atoms with Crippen LogP contribution in [-0.2, 0) is 11.2 Å². The minimum atomic E-state index is 0.162. The van der Waals surface area contributed by atoms with E-state index in [1.54, 1.807) is 7.11 Å². The first kappa shape index (κ1) is 13.9. The number of ether oxygens (including phenoxy) is 1. The molecule has 4 nitrogen and oxygen atoms in total. The fraction of sp³-hybridized carbons (Fsp3) is 0.533. The fourth-order valence-corrected chi connectivity index (χ4v) is 2.54. The van der Waals surface area contributed by atoms with Crippen LogP contribution in [0.3, 0.4) is 0 Å². The smallest absolute Gasteiger partial charge is 0.220 e. The summed E-state index contributed by atoms with van der Waals surface area (Å²) < 4.78 is 5.37. The first-order chi connectivity index (χ1) is 9.19. The first-order valence-corrected chi connectivity index (χ1v) is 6.83. The summed E-state index contributed by atoms with van der Waals surface area (Å²) in [5, 5.41) is 6.47. The van der Waals surface area contributed by atoms with Gasteiger partial charge in [-0.05, 0) is 31.4 Å². The second kappa shape index (κ2) is 6.57. The Kier molecular flexibility index (Phi) is 4.80. The Bertz CT molecular complexity index is 424. The van der Waals surface area contributed by atoms with Crippen LogP contribution in [0.4, 0.5) is 0 Å². The Balaban J connectivity index is 1.87. The normalized spacial score (nSPS) is 20.7. The van der Waals surface area contributed by atoms with E-state index in [9.17, 15) is 4.79 Å². The van der Waals surface area contributed by atoms with E-state index in [0.29, 0.717) is 18.5 Å². The van der Waals surface area contributed by atoms with Crippen LogP contribution in [0, 0.1) is 0 Å². The first-order valence-electron chi connectivity index (χ1n) is 6.83. The average Bonchev–Trinajstić information content (AvgIpc) is 2.42. The molecular formula is C15H22N2O2. The van der Waals surface area contributed by atoms with E-state index in [1.165, 1.54) is 5.56 Å². The van der Waals surface area contributed by atoms with Crippen LogP contribution in [-0.4, -0.2) is 31.6 Å². The van der Waals surface area contributed by atoms with Gasteiger partial charge in [0, 0.05) is 25.0 Å². The molecule has 0 bridgehead atoms. The second-order valence-electron chi connectivity index (χ2n) is 5.12. The van der Waals surface area contributed by atoms with Crippen molar-refractivity contribution >= 4 is 5.91 Å². The predicted octanol–water partition coefficient (Wildman–Crippen LogP) is 1.49. The van der Waals surface area contributed by atoms with Gasteiger partial charge in [-0.2, -0.15) is 0 Å². The van der Waals surface area contributed by atoms with Crippen LogP contribution in [0.2, 0.25) is 0 Å². The van der Waals surface area contributed by atoms with Crippen LogP contribution >= 0.6 is 0 Å². The minimum Gasteiger partial charge on any atom is -0.496 e. The molecular weight excluding hydrogens is 240 g/mol. The number of amides is 1. The third-order valence-corrected chi connectivity index (χ3v) is 3.50. The van der Waals surface area contributed by atoms with E-state index in [0.717, 1.165) is 25.1 Å². The van der Waals surface area contributed by atoms with Gasteiger partial charge >= 0.3 is 0 Å². The van der Waals surface area contributed by atoms with Gasteiger partial charge < -0.3 is 15.4 Å². The van der Waals surface area contributed by atoms with Gasteiger partial charge in [-0.15, -0.1) is 0 Å². The van der Waals surface area contributed by atoms with Gasteiger partial charge in [-0.3, -0.25) is 4.79 Å². The number of methoxy groups -OCH3 is 1. The van der Waals surface area contributed by atoms with Crippen molar-refractivity contribution in [3.8, 4) is 5.75 Å². The molecule has 1 aromatic rings. The van der Waals surface area contributed by atoms with Crippen molar-refractivity contribution in [1.82, 2.24) is 10.6 Å². The number of para-hydroxylation sites is 1. The van der Waals surface area contributed by atoms with E-state index in [2.05, 4.69) is 23.6 Å². The molecule has 1 fully saturated rings. The Morgan fingerprint density at radius 2 is 2.26 bits per heavy atom. The van der Waals surface area contributed by atoms with Gasteiger partial charge in [0.2, 0.25) is 5.91 Å². The van der Waals surface area contributed by atoms with Crippen LogP contribution in [0.25, 0.3) is 0 Å². The van der Waals surface area contributed by atoms with Gasteiger partial charge in [0.05, 0.1) is 7.11 Å². The number of rotatable bonds is 5. The average molecular weight is 262 g/mol. The number of carbonyl (C=O) groups excluding carboxylic acids is 1. The standard InChI is InChI=1S/C15H22N2O2/c1-11(17-13-7-8-15(18)16-10-13)9-12-5-3-4-6-14(12)19-2/h3-6,11,13,17H,7-10H2,1-2H3,(H,16,18). The molecule has 1 amide bonds. The molecule has 2 N–H and O–H groups in total. The number of hydrogen-bond acceptors (Lipinski definition) is 3. The molecule has 0 aromatic heterocycles. The highest BCUT2D eigenvalue weighted by molar-refractivity contribution is 5.76. The zero-order valence-electron chi connectivity index (χ0n) is 11.6. The van der Waals surface area contributed by atoms with Crippen LogP contribution < -0.4 is 15.4 Å². The summed E-state index contributed by atoms with van der Waals surface area (Å²) >= 11 is 0. The van der Waals surface area contributed by atoms with Crippen molar-refractivity contribution < 1.29 is 9.53 Å². The SMILES string of the molecule is COc1ccccc1CC(C)NC1CCC(=O)NC1. The molecule has 104 valence electrons. The number of hydrogen-bond donors (Lipinski definition) is 2. The number of nitrogens with one attached hydrogen (secondary N) is 2. The summed E-state index contributed by atoms with van der Waals surface area (Å²) in [6, 6.07) is 8.84. The lowest BCUT2D eigenvalue weighted by Gasteiger charge is -2.27. The van der Waals surface area contributed by atoms with Gasteiger partial charge in [-0.1, -0.05) is 18.2 Å². The Morgan fingerprint density at radius 1 is 1.47 bits per heavy atom. The molecule has 1 aliphatic heterocycles. The van der Waals surface area contributed by atoms with E-state index in [4.69, 9.17) is 4.74 Å². The molecule has 0 saturated carbocycles. The molecule has 1 aromatic carbocycles. The zero-order chi connectivity index (χ0) is 13.7. The Labute approximate surface area is 114 Å². The maximum Gasteiger partial charge on any atom is 0.220 e. The van der Waals surface area contributed by atoms with E-state index in [1.807, 2.05) is 18.2 Å². The van der Waals surface area contributed by atoms with Crippen molar-refractivity contribution in [3.05, 3.63) is 29.8 Å². The number of benzene rings is 1. The van der Waals surface area contributed by atoms with Gasteiger partial charge in [0.15, 0.2) is 0 Å². The third kappa shape index (κ3) is 3.96. The fourth-order valence-electron chi connectivity index (χ4n) is 2.54. The Morgan fingerprint density at radius 3 is 2.95 bits per heavy atom. The van der Waals surface area contributed by atoms with Crippen molar-refractivity contribution in [2.24, 2.45) is 0 Å². The molecule has 0 radical (unpaired) electrons. The molecule has 1 aliphatic rings. The molecule has 2 rings (SSSR count). The highest BCUT2D eigenvalue weighted by atomic mass is 16.5. The van der Waals surface area contributed by atoms with Gasteiger partial charge in [-0.25, -0.2) is 0 Å². The van der Waals surface area contributed by atoms with Gasteiger partial charge in [0.1, 0.15) is 5.75 Å². The molecule has 0 spiro atoms. The molecule has 0 aliphatic carbocycles. The quantitative estimate of drug-likeness (QED) is 0.845. The summed E-state index contributed by atoms with van der Waals surface area (Å²) in [7, 11) is 1.70. The molecule has 1 saturated heterocycles. The molecule has 19 heavy (non-hydrogen) atoms. The van der Waals surface area contributed by atoms with Gasteiger partial charge in [0.25, 0.3) is 0 Å². The van der Waals surface area contributed by atoms with Crippen LogP contribution in [0.1, 0.15) is 25.3 Å². The lowest BCUT2D eigenvalue weighted by molar-refractivity contribution is -0.122. The summed E-state index contributed by atoms with van der Waals surface area (Å²) in [6.45, 7) is 2.90. The summed E-state index contributed by atoms with van der Waals surface area (Å²) in [5.74, 6) is 1.10. The topological polar surface area (TPSA) is 50.4 Å². The maximum atomic E-state index is 11.1. The van der Waals surface area contributed by atoms with E-state index >= 15 is 0 Å². The predicted molar refractivity (Wildman–Crippen MR) is 75.3 cm³/mol. The highest BCUT2D eigenvalue weighted by Crippen LogP contribution is 2.19.